The molecule has 172 valence electrons. The number of nitrogens with zero attached hydrogens (tertiary/aromatic N) is 5. The number of carbonyl (C=O) groups is 1. The lowest BCUT2D eigenvalue weighted by molar-refractivity contribution is 0.0715. The first-order valence-corrected chi connectivity index (χ1v) is 11.4. The zero-order valence-electron chi connectivity index (χ0n) is 18.4. The number of amides is 1. The minimum absolute atomic E-state index is 0.0245. The van der Waals surface area contributed by atoms with Crippen molar-refractivity contribution in [2.75, 3.05) is 25.5 Å². The molecular formula is C24H22ClN7O2. The van der Waals surface area contributed by atoms with E-state index in [1.807, 2.05) is 39.8 Å². The summed E-state index contributed by atoms with van der Waals surface area (Å²) in [6, 6.07) is 11.8. The van der Waals surface area contributed by atoms with Crippen molar-refractivity contribution in [2.24, 2.45) is 0 Å². The molecule has 10 heteroatoms. The highest BCUT2D eigenvalue weighted by atomic mass is 35.5. The Morgan fingerprint density at radius 3 is 2.94 bits per heavy atom. The molecule has 1 amide bonds. The molecule has 2 bridgehead atoms. The number of halogens is 1. The highest BCUT2D eigenvalue weighted by Crippen LogP contribution is 2.32. The van der Waals surface area contributed by atoms with Crippen molar-refractivity contribution in [3.63, 3.8) is 0 Å². The van der Waals surface area contributed by atoms with Crippen molar-refractivity contribution < 1.29 is 9.53 Å². The van der Waals surface area contributed by atoms with Gasteiger partial charge < -0.3 is 20.3 Å². The maximum Gasteiger partial charge on any atom is 0.254 e. The largest absolute Gasteiger partial charge is 0.495 e. The number of piperazine rings is 1. The van der Waals surface area contributed by atoms with Gasteiger partial charge in [0.05, 0.1) is 35.9 Å². The highest BCUT2D eigenvalue weighted by Gasteiger charge is 2.40. The van der Waals surface area contributed by atoms with Crippen LogP contribution < -0.4 is 15.4 Å². The summed E-state index contributed by atoms with van der Waals surface area (Å²) >= 11 is 6.43. The zero-order valence-corrected chi connectivity index (χ0v) is 19.2. The second-order valence-electron chi connectivity index (χ2n) is 8.45. The number of carbonyl (C=O) groups excluding carboxylic acids is 1. The Balaban J connectivity index is 1.28. The van der Waals surface area contributed by atoms with Gasteiger partial charge in [0.25, 0.3) is 5.91 Å². The van der Waals surface area contributed by atoms with Crippen LogP contribution in [0.5, 0.6) is 5.75 Å². The van der Waals surface area contributed by atoms with Gasteiger partial charge in [0.15, 0.2) is 0 Å². The van der Waals surface area contributed by atoms with Gasteiger partial charge in [-0.05, 0) is 36.8 Å². The number of hydrogen-bond acceptors (Lipinski definition) is 7. The quantitative estimate of drug-likeness (QED) is 0.456. The number of likely N-dealkylation sites (tertiary alicyclic amines) is 1. The molecule has 4 aromatic rings. The Labute approximate surface area is 200 Å². The number of imidazole rings is 1. The summed E-state index contributed by atoms with van der Waals surface area (Å²) in [5.74, 6) is 0.908. The van der Waals surface area contributed by atoms with Crippen LogP contribution in [0.2, 0.25) is 5.02 Å². The molecule has 2 N–H and O–H groups in total. The minimum Gasteiger partial charge on any atom is -0.495 e. The lowest BCUT2D eigenvalue weighted by atomic mass is 10.1. The maximum atomic E-state index is 13.1. The van der Waals surface area contributed by atoms with E-state index in [9.17, 15) is 4.79 Å². The first-order chi connectivity index (χ1) is 16.6. The molecule has 34 heavy (non-hydrogen) atoms. The first kappa shape index (κ1) is 20.9. The number of rotatable bonds is 5. The van der Waals surface area contributed by atoms with Crippen LogP contribution in [0.1, 0.15) is 16.8 Å². The molecule has 2 aliphatic rings. The molecule has 2 saturated heterocycles. The van der Waals surface area contributed by atoms with Crippen molar-refractivity contribution in [1.29, 1.82) is 0 Å². The van der Waals surface area contributed by atoms with Crippen LogP contribution >= 0.6 is 11.6 Å². The van der Waals surface area contributed by atoms with Gasteiger partial charge in [-0.2, -0.15) is 0 Å². The number of hydrogen-bond donors (Lipinski definition) is 2. The van der Waals surface area contributed by atoms with Crippen LogP contribution in [0.15, 0.2) is 55.0 Å². The van der Waals surface area contributed by atoms with Crippen LogP contribution in [0.3, 0.4) is 0 Å². The van der Waals surface area contributed by atoms with E-state index in [0.29, 0.717) is 39.7 Å². The Bertz CT molecular complexity index is 1410. The highest BCUT2D eigenvalue weighted by molar-refractivity contribution is 6.32. The monoisotopic (exact) mass is 475 g/mol. The number of ether oxygens (including phenoxy) is 1. The van der Waals surface area contributed by atoms with Crippen LogP contribution in [-0.4, -0.2) is 62.4 Å². The topological polar surface area (TPSA) is 96.7 Å². The number of pyridine rings is 1. The van der Waals surface area contributed by atoms with E-state index in [2.05, 4.69) is 25.6 Å². The second kappa shape index (κ2) is 8.27. The summed E-state index contributed by atoms with van der Waals surface area (Å²) in [5.41, 5.74) is 3.36. The molecular weight excluding hydrogens is 454 g/mol. The average Bonchev–Trinajstić information content (AvgIpc) is 3.61. The maximum absolute atomic E-state index is 13.1. The van der Waals surface area contributed by atoms with Gasteiger partial charge in [-0.25, -0.2) is 15.0 Å². The van der Waals surface area contributed by atoms with Crippen LogP contribution in [-0.2, 0) is 0 Å². The van der Waals surface area contributed by atoms with Gasteiger partial charge in [0.1, 0.15) is 17.1 Å². The van der Waals surface area contributed by atoms with Gasteiger partial charge >= 0.3 is 0 Å². The second-order valence-corrected chi connectivity index (χ2v) is 8.86. The molecule has 0 aliphatic carbocycles. The fraction of sp³-hybridized carbons (Fsp3) is 0.250. The van der Waals surface area contributed by atoms with Crippen molar-refractivity contribution >= 4 is 34.8 Å². The third kappa shape index (κ3) is 3.53. The summed E-state index contributed by atoms with van der Waals surface area (Å²) in [6.07, 6.45) is 6.21. The van der Waals surface area contributed by atoms with Gasteiger partial charge in [0, 0.05) is 36.9 Å². The van der Waals surface area contributed by atoms with E-state index < -0.39 is 0 Å². The number of benzene rings is 1. The molecule has 0 radical (unpaired) electrons. The van der Waals surface area contributed by atoms with E-state index in [0.717, 1.165) is 30.9 Å². The zero-order chi connectivity index (χ0) is 23.2. The van der Waals surface area contributed by atoms with Crippen molar-refractivity contribution in [3.05, 3.63) is 65.6 Å². The number of methoxy groups -OCH3 is 1. The molecule has 2 fully saturated rings. The Kier molecular flexibility index (Phi) is 5.08. The molecule has 1 aromatic carbocycles. The molecule has 2 atom stereocenters. The molecule has 0 spiro atoms. The van der Waals surface area contributed by atoms with Gasteiger partial charge in [0.2, 0.25) is 5.95 Å². The van der Waals surface area contributed by atoms with E-state index >= 15 is 0 Å². The normalized spacial score (nSPS) is 19.1. The Morgan fingerprint density at radius 1 is 1.24 bits per heavy atom. The number of anilines is 2. The lowest BCUT2D eigenvalue weighted by Crippen LogP contribution is -2.46. The fourth-order valence-electron chi connectivity index (χ4n) is 4.74. The Morgan fingerprint density at radius 2 is 2.15 bits per heavy atom. The molecule has 3 aromatic heterocycles. The van der Waals surface area contributed by atoms with Crippen molar-refractivity contribution in [3.8, 4) is 17.1 Å². The number of fused-ring (bicyclic) bond motifs is 3. The predicted molar refractivity (Wildman–Crippen MR) is 129 cm³/mol. The summed E-state index contributed by atoms with van der Waals surface area (Å²) in [5, 5.41) is 7.03. The van der Waals surface area contributed by atoms with E-state index in [1.165, 1.54) is 0 Å². The Hall–Kier alpha value is -3.69. The molecule has 2 aliphatic heterocycles. The SMILES string of the molecule is COc1cc(C(=O)N2CC3CC2CN3)ccc1Nc1ncc(Cl)c(-c2cnc3ccccn23)n1. The van der Waals surface area contributed by atoms with Gasteiger partial charge in [-0.15, -0.1) is 0 Å². The molecule has 9 nitrogen and oxygen atoms in total. The van der Waals surface area contributed by atoms with Gasteiger partial charge in [-0.1, -0.05) is 17.7 Å². The fourth-order valence-corrected chi connectivity index (χ4v) is 4.93. The van der Waals surface area contributed by atoms with Crippen molar-refractivity contribution in [1.82, 2.24) is 29.6 Å². The van der Waals surface area contributed by atoms with Gasteiger partial charge in [-0.3, -0.25) is 9.20 Å². The molecule has 6 rings (SSSR count). The first-order valence-electron chi connectivity index (χ1n) is 11.0. The van der Waals surface area contributed by atoms with E-state index in [-0.39, 0.29) is 11.9 Å². The van der Waals surface area contributed by atoms with E-state index in [1.54, 1.807) is 31.6 Å². The summed E-state index contributed by atoms with van der Waals surface area (Å²) in [6.45, 7) is 1.60. The summed E-state index contributed by atoms with van der Waals surface area (Å²) < 4.78 is 7.49. The number of aromatic nitrogens is 4. The third-order valence-corrected chi connectivity index (χ3v) is 6.69. The average molecular weight is 476 g/mol. The summed E-state index contributed by atoms with van der Waals surface area (Å²) in [7, 11) is 1.57. The summed E-state index contributed by atoms with van der Waals surface area (Å²) in [4.78, 5) is 28.4. The number of nitrogens with one attached hydrogen (secondary N) is 2. The van der Waals surface area contributed by atoms with Crippen LogP contribution in [0.25, 0.3) is 17.0 Å². The molecule has 5 heterocycles. The van der Waals surface area contributed by atoms with Crippen LogP contribution in [0, 0.1) is 0 Å². The van der Waals surface area contributed by atoms with Crippen LogP contribution in [0.4, 0.5) is 11.6 Å². The molecule has 2 unspecified atom stereocenters. The molecule has 0 saturated carbocycles. The lowest BCUT2D eigenvalue weighted by Gasteiger charge is -2.27. The third-order valence-electron chi connectivity index (χ3n) is 6.42. The minimum atomic E-state index is 0.0245. The van der Waals surface area contributed by atoms with Crippen molar-refractivity contribution in [2.45, 2.75) is 18.5 Å². The van der Waals surface area contributed by atoms with E-state index in [4.69, 9.17) is 16.3 Å². The standard InChI is InChI=1S/C24H22ClN7O2/c1-34-20-8-14(23(33)32-13-15-9-16(32)10-26-15)5-6-18(20)29-24-28-11-17(25)22(30-24)19-12-27-21-4-2-3-7-31(19)21/h2-8,11-12,15-16,26H,9-10,13H2,1H3,(H,28,29,30). The smallest absolute Gasteiger partial charge is 0.254 e. The predicted octanol–water partition coefficient (Wildman–Crippen LogP) is 3.38.